The SMILES string of the molecule is O=C(Cc1csc(-c2ccsc2)n1)N1CCO[C@@H]2CCCC[C@H]21. The van der Waals surface area contributed by atoms with Gasteiger partial charge in [0.15, 0.2) is 0 Å². The van der Waals surface area contributed by atoms with Crippen LogP contribution in [0.15, 0.2) is 22.2 Å². The van der Waals surface area contributed by atoms with E-state index in [0.29, 0.717) is 13.0 Å². The Morgan fingerprint density at radius 1 is 1.35 bits per heavy atom. The quantitative estimate of drug-likeness (QED) is 0.851. The average Bonchev–Trinajstić information content (AvgIpc) is 3.25. The molecule has 0 bridgehead atoms. The molecule has 1 aliphatic heterocycles. The van der Waals surface area contributed by atoms with Gasteiger partial charge in [0.1, 0.15) is 5.01 Å². The van der Waals surface area contributed by atoms with Crippen molar-refractivity contribution in [1.29, 1.82) is 0 Å². The Morgan fingerprint density at radius 2 is 2.26 bits per heavy atom. The Morgan fingerprint density at radius 3 is 3.13 bits per heavy atom. The number of carbonyl (C=O) groups excluding carboxylic acids is 1. The van der Waals surface area contributed by atoms with Crippen LogP contribution in [0.5, 0.6) is 0 Å². The third kappa shape index (κ3) is 3.20. The average molecular weight is 348 g/mol. The van der Waals surface area contributed by atoms with Gasteiger partial charge in [0.25, 0.3) is 0 Å². The van der Waals surface area contributed by atoms with Crippen molar-refractivity contribution in [3.05, 3.63) is 27.9 Å². The maximum Gasteiger partial charge on any atom is 0.229 e. The number of thiophene rings is 1. The summed E-state index contributed by atoms with van der Waals surface area (Å²) in [5.74, 6) is 0.201. The summed E-state index contributed by atoms with van der Waals surface area (Å²) >= 11 is 3.29. The number of ether oxygens (including phenoxy) is 1. The lowest BCUT2D eigenvalue weighted by Gasteiger charge is -2.43. The maximum absolute atomic E-state index is 12.8. The number of amides is 1. The molecule has 4 rings (SSSR count). The molecule has 1 amide bonds. The topological polar surface area (TPSA) is 42.4 Å². The van der Waals surface area contributed by atoms with Crippen LogP contribution in [0.3, 0.4) is 0 Å². The number of thiazole rings is 1. The van der Waals surface area contributed by atoms with Crippen molar-refractivity contribution < 1.29 is 9.53 Å². The highest BCUT2D eigenvalue weighted by Gasteiger charge is 2.36. The van der Waals surface area contributed by atoms with Gasteiger partial charge >= 0.3 is 0 Å². The van der Waals surface area contributed by atoms with E-state index in [9.17, 15) is 4.79 Å². The monoisotopic (exact) mass is 348 g/mol. The lowest BCUT2D eigenvalue weighted by atomic mass is 9.90. The molecule has 0 unspecified atom stereocenters. The Balaban J connectivity index is 1.45. The van der Waals surface area contributed by atoms with Crippen molar-refractivity contribution in [2.45, 2.75) is 44.2 Å². The highest BCUT2D eigenvalue weighted by molar-refractivity contribution is 7.14. The van der Waals surface area contributed by atoms with E-state index < -0.39 is 0 Å². The van der Waals surface area contributed by atoms with E-state index in [1.807, 2.05) is 5.38 Å². The largest absolute Gasteiger partial charge is 0.374 e. The number of morpholine rings is 1. The molecule has 0 spiro atoms. The van der Waals surface area contributed by atoms with Crippen molar-refractivity contribution in [3.63, 3.8) is 0 Å². The molecule has 6 heteroatoms. The fourth-order valence-corrected chi connectivity index (χ4v) is 5.10. The number of rotatable bonds is 3. The van der Waals surface area contributed by atoms with Gasteiger partial charge in [0.05, 0.1) is 30.9 Å². The van der Waals surface area contributed by atoms with Gasteiger partial charge < -0.3 is 9.64 Å². The number of carbonyl (C=O) groups is 1. The molecular weight excluding hydrogens is 328 g/mol. The van der Waals surface area contributed by atoms with Crippen molar-refractivity contribution in [3.8, 4) is 10.6 Å². The first-order valence-corrected chi connectivity index (χ1v) is 10.0. The Kier molecular flexibility index (Phi) is 4.46. The number of nitrogens with zero attached hydrogens (tertiary/aromatic N) is 2. The van der Waals surface area contributed by atoms with Crippen LogP contribution in [0, 0.1) is 0 Å². The van der Waals surface area contributed by atoms with Crippen LogP contribution in [-0.4, -0.2) is 41.1 Å². The number of aromatic nitrogens is 1. The van der Waals surface area contributed by atoms with E-state index in [4.69, 9.17) is 4.74 Å². The zero-order chi connectivity index (χ0) is 15.6. The minimum Gasteiger partial charge on any atom is -0.374 e. The van der Waals surface area contributed by atoms with Gasteiger partial charge in [-0.15, -0.1) is 11.3 Å². The Bertz CT molecular complexity index is 666. The third-order valence-electron chi connectivity index (χ3n) is 4.70. The molecule has 2 aromatic rings. The van der Waals surface area contributed by atoms with E-state index in [1.54, 1.807) is 22.7 Å². The van der Waals surface area contributed by atoms with E-state index in [0.717, 1.165) is 35.7 Å². The molecule has 122 valence electrons. The molecular formula is C17H20N2O2S2. The summed E-state index contributed by atoms with van der Waals surface area (Å²) in [6, 6.07) is 2.35. The molecule has 4 nitrogen and oxygen atoms in total. The summed E-state index contributed by atoms with van der Waals surface area (Å²) in [7, 11) is 0. The summed E-state index contributed by atoms with van der Waals surface area (Å²) in [6.07, 6.45) is 5.25. The fourth-order valence-electron chi connectivity index (χ4n) is 3.57. The van der Waals surface area contributed by atoms with Crippen LogP contribution in [0.2, 0.25) is 0 Å². The van der Waals surface area contributed by atoms with Gasteiger partial charge in [0.2, 0.25) is 5.91 Å². The Hall–Kier alpha value is -1.24. The minimum atomic E-state index is 0.201. The number of hydrogen-bond donors (Lipinski definition) is 0. The van der Waals surface area contributed by atoms with Crippen LogP contribution < -0.4 is 0 Å². The molecule has 1 aliphatic carbocycles. The zero-order valence-corrected chi connectivity index (χ0v) is 14.6. The van der Waals surface area contributed by atoms with Gasteiger partial charge in [0, 0.05) is 22.9 Å². The molecule has 2 aliphatic rings. The lowest BCUT2D eigenvalue weighted by molar-refractivity contribution is -0.148. The normalized spacial score (nSPS) is 24.4. The van der Waals surface area contributed by atoms with Gasteiger partial charge in [-0.2, -0.15) is 11.3 Å². The van der Waals surface area contributed by atoms with Crippen molar-refractivity contribution in [1.82, 2.24) is 9.88 Å². The highest BCUT2D eigenvalue weighted by Crippen LogP contribution is 2.30. The summed E-state index contributed by atoms with van der Waals surface area (Å²) in [5.41, 5.74) is 2.04. The molecule has 3 heterocycles. The first-order valence-electron chi connectivity index (χ1n) is 8.19. The number of fused-ring (bicyclic) bond motifs is 1. The van der Waals surface area contributed by atoms with Crippen LogP contribution in [0.25, 0.3) is 10.6 Å². The van der Waals surface area contributed by atoms with Crippen LogP contribution in [-0.2, 0) is 16.0 Å². The summed E-state index contributed by atoms with van der Waals surface area (Å²) in [6.45, 7) is 1.39. The van der Waals surface area contributed by atoms with Gasteiger partial charge in [-0.05, 0) is 24.3 Å². The van der Waals surface area contributed by atoms with Gasteiger partial charge in [-0.25, -0.2) is 4.98 Å². The standard InChI is InChI=1S/C17H20N2O2S2/c20-16(19-6-7-21-15-4-2-1-3-14(15)19)9-13-11-23-17(18-13)12-5-8-22-10-12/h5,8,10-11,14-15H,1-4,6-7,9H2/t14-,15-/m1/s1. The highest BCUT2D eigenvalue weighted by atomic mass is 32.1. The molecule has 0 aromatic carbocycles. The molecule has 23 heavy (non-hydrogen) atoms. The summed E-state index contributed by atoms with van der Waals surface area (Å²) in [5, 5.41) is 7.17. The predicted octanol–water partition coefficient (Wildman–Crippen LogP) is 3.58. The smallest absolute Gasteiger partial charge is 0.229 e. The van der Waals surface area contributed by atoms with Crippen molar-refractivity contribution >= 4 is 28.6 Å². The second-order valence-corrected chi connectivity index (χ2v) is 7.82. The first kappa shape index (κ1) is 15.3. The van der Waals surface area contributed by atoms with E-state index in [2.05, 4.69) is 26.7 Å². The molecule has 0 N–H and O–H groups in total. The van der Waals surface area contributed by atoms with Crippen molar-refractivity contribution in [2.24, 2.45) is 0 Å². The third-order valence-corrected chi connectivity index (χ3v) is 6.33. The van der Waals surface area contributed by atoms with Gasteiger partial charge in [-0.1, -0.05) is 12.8 Å². The fraction of sp³-hybridized carbons (Fsp3) is 0.529. The molecule has 1 saturated heterocycles. The number of hydrogen-bond acceptors (Lipinski definition) is 5. The second kappa shape index (κ2) is 6.71. The first-order chi connectivity index (χ1) is 11.3. The van der Waals surface area contributed by atoms with E-state index in [1.165, 1.54) is 12.8 Å². The van der Waals surface area contributed by atoms with Crippen LogP contribution >= 0.6 is 22.7 Å². The minimum absolute atomic E-state index is 0.201. The van der Waals surface area contributed by atoms with E-state index >= 15 is 0 Å². The van der Waals surface area contributed by atoms with Crippen LogP contribution in [0.1, 0.15) is 31.4 Å². The zero-order valence-electron chi connectivity index (χ0n) is 12.9. The summed E-state index contributed by atoms with van der Waals surface area (Å²) in [4.78, 5) is 19.4. The Labute approximate surface area is 144 Å². The van der Waals surface area contributed by atoms with Gasteiger partial charge in [-0.3, -0.25) is 4.79 Å². The van der Waals surface area contributed by atoms with Crippen molar-refractivity contribution in [2.75, 3.05) is 13.2 Å². The molecule has 2 aromatic heterocycles. The molecule has 2 atom stereocenters. The molecule has 0 radical (unpaired) electrons. The van der Waals surface area contributed by atoms with E-state index in [-0.39, 0.29) is 18.1 Å². The maximum atomic E-state index is 12.8. The molecule has 1 saturated carbocycles. The van der Waals surface area contributed by atoms with Crippen LogP contribution in [0.4, 0.5) is 0 Å². The molecule has 2 fully saturated rings. The second-order valence-electron chi connectivity index (χ2n) is 6.18. The predicted molar refractivity (Wildman–Crippen MR) is 92.8 cm³/mol. The lowest BCUT2D eigenvalue weighted by Crippen LogP contribution is -2.55. The summed E-state index contributed by atoms with van der Waals surface area (Å²) < 4.78 is 5.86.